The summed E-state index contributed by atoms with van der Waals surface area (Å²) in [5.74, 6) is 1.39. The molecule has 0 amide bonds. The highest BCUT2D eigenvalue weighted by Crippen LogP contribution is 2.54. The Morgan fingerprint density at radius 2 is 1.91 bits per heavy atom. The summed E-state index contributed by atoms with van der Waals surface area (Å²) in [4.78, 5) is 13.7. The number of alkyl halides is 1. The van der Waals surface area contributed by atoms with Crippen molar-refractivity contribution in [3.63, 3.8) is 0 Å². The molecule has 0 spiro atoms. The summed E-state index contributed by atoms with van der Waals surface area (Å²) in [5, 5.41) is 0.636. The van der Waals surface area contributed by atoms with Gasteiger partial charge in [-0.05, 0) is 74.8 Å². The molecule has 252 valence electrons. The van der Waals surface area contributed by atoms with Crippen LogP contribution in [0.4, 0.5) is 10.1 Å². The van der Waals surface area contributed by atoms with Gasteiger partial charge in [-0.2, -0.15) is 18.4 Å². The van der Waals surface area contributed by atoms with E-state index in [2.05, 4.69) is 21.7 Å². The lowest BCUT2D eigenvalue weighted by Gasteiger charge is -2.33. The lowest BCUT2D eigenvalue weighted by molar-refractivity contribution is 0.0511. The van der Waals surface area contributed by atoms with Crippen LogP contribution in [0.25, 0.3) is 0 Å². The van der Waals surface area contributed by atoms with Gasteiger partial charge in [0.2, 0.25) is 5.88 Å². The Morgan fingerprint density at radius 3 is 2.66 bits per heavy atom. The van der Waals surface area contributed by atoms with Gasteiger partial charge in [-0.1, -0.05) is 36.2 Å². The minimum Gasteiger partial charge on any atom is -0.467 e. The van der Waals surface area contributed by atoms with Crippen molar-refractivity contribution in [2.24, 2.45) is 5.92 Å². The number of rotatable bonds is 11. The van der Waals surface area contributed by atoms with Gasteiger partial charge in [-0.25, -0.2) is 4.39 Å². The molecule has 2 aromatic carbocycles. The van der Waals surface area contributed by atoms with Crippen LogP contribution in [0.3, 0.4) is 0 Å². The van der Waals surface area contributed by atoms with Gasteiger partial charge >= 0.3 is 16.1 Å². The summed E-state index contributed by atoms with van der Waals surface area (Å²) in [6, 6.07) is 10.3. The number of fused-ring (bicyclic) bond motifs is 2. The third-order valence-corrected chi connectivity index (χ3v) is 11.5. The number of halogens is 2. The Balaban J connectivity index is 1.24. The van der Waals surface area contributed by atoms with Crippen molar-refractivity contribution in [3.8, 4) is 17.6 Å². The first-order valence-corrected chi connectivity index (χ1v) is 18.0. The van der Waals surface area contributed by atoms with Crippen LogP contribution in [0.1, 0.15) is 60.9 Å². The SMILES string of the molecule is COCOc1cc(Cl)c([C@@H]2C[C@@H]2C)c(N2CCc3c(nc(OC[C@@]45CCCN4C[C@H](F)C5)nc3OS(=O)(=O)c3ccc(C)cc3)C2)c1. The van der Waals surface area contributed by atoms with E-state index in [4.69, 9.17) is 35.0 Å². The fraction of sp³-hybridized carbons (Fsp3) is 0.529. The molecule has 13 heteroatoms. The van der Waals surface area contributed by atoms with Gasteiger partial charge in [-0.15, -0.1) is 0 Å². The number of aromatic nitrogens is 2. The van der Waals surface area contributed by atoms with Crippen LogP contribution in [-0.2, 0) is 27.8 Å². The maximum Gasteiger partial charge on any atom is 0.340 e. The minimum atomic E-state index is -4.20. The second kappa shape index (κ2) is 12.7. The lowest BCUT2D eigenvalue weighted by atomic mass is 9.95. The normalized spacial score (nSPS) is 25.4. The summed E-state index contributed by atoms with van der Waals surface area (Å²) in [7, 11) is -2.63. The number of benzene rings is 2. The van der Waals surface area contributed by atoms with Crippen LogP contribution >= 0.6 is 11.6 Å². The highest BCUT2D eigenvalue weighted by atomic mass is 35.5. The van der Waals surface area contributed by atoms with E-state index >= 15 is 0 Å². The molecule has 1 saturated carbocycles. The molecule has 0 bridgehead atoms. The first-order chi connectivity index (χ1) is 22.5. The summed E-state index contributed by atoms with van der Waals surface area (Å²) >= 11 is 6.87. The van der Waals surface area contributed by atoms with E-state index in [-0.39, 0.29) is 30.2 Å². The van der Waals surface area contributed by atoms with Crippen molar-refractivity contribution >= 4 is 27.4 Å². The smallest absolute Gasteiger partial charge is 0.340 e. The monoisotopic (exact) mass is 686 g/mol. The number of aryl methyl sites for hydroxylation is 1. The molecular formula is C34H40ClFN4O6S. The number of methoxy groups -OCH3 is 1. The van der Waals surface area contributed by atoms with E-state index in [9.17, 15) is 12.8 Å². The molecular weight excluding hydrogens is 647 g/mol. The van der Waals surface area contributed by atoms with Crippen molar-refractivity contribution in [3.05, 3.63) is 63.8 Å². The second-order valence-electron chi connectivity index (χ2n) is 13.3. The van der Waals surface area contributed by atoms with E-state index < -0.39 is 21.8 Å². The minimum absolute atomic E-state index is 0.00879. The zero-order valence-corrected chi connectivity index (χ0v) is 28.4. The predicted octanol–water partition coefficient (Wildman–Crippen LogP) is 5.83. The number of ether oxygens (including phenoxy) is 3. The van der Waals surface area contributed by atoms with E-state index in [0.717, 1.165) is 42.6 Å². The standard InChI is InChI=1S/C34H40ClFN4O6S/c1-21-5-7-25(8-6-21)47(41,42)46-32-26-9-12-39(30-15-24(45-20-43-3)14-28(35)31(30)27-13-22(27)2)18-29(26)37-33(38-32)44-19-34-10-4-11-40(34)17-23(36)16-34/h5-8,14-15,22-23,27H,4,9-13,16-20H2,1-3H3/t22-,23+,27+,34-/m0/s1. The van der Waals surface area contributed by atoms with E-state index in [0.29, 0.717) is 66.3 Å². The van der Waals surface area contributed by atoms with Gasteiger partial charge < -0.3 is 23.3 Å². The van der Waals surface area contributed by atoms with Gasteiger partial charge in [0.25, 0.3) is 0 Å². The Hall–Kier alpha value is -3.19. The van der Waals surface area contributed by atoms with Crippen LogP contribution in [-0.4, -0.2) is 75.1 Å². The molecule has 0 unspecified atom stereocenters. The molecule has 1 aromatic heterocycles. The molecule has 3 aromatic rings. The van der Waals surface area contributed by atoms with Gasteiger partial charge in [0.15, 0.2) is 6.79 Å². The molecule has 4 heterocycles. The quantitative estimate of drug-likeness (QED) is 0.181. The van der Waals surface area contributed by atoms with E-state index in [1.54, 1.807) is 19.2 Å². The highest BCUT2D eigenvalue weighted by Gasteiger charge is 2.49. The summed E-state index contributed by atoms with van der Waals surface area (Å²) in [5.41, 5.74) is 3.72. The Kier molecular flexibility index (Phi) is 8.73. The number of hydrogen-bond donors (Lipinski definition) is 0. The molecule has 7 rings (SSSR count). The van der Waals surface area contributed by atoms with Crippen molar-refractivity contribution in [2.45, 2.75) is 75.0 Å². The summed E-state index contributed by atoms with van der Waals surface area (Å²) in [6.45, 7) is 6.50. The van der Waals surface area contributed by atoms with Crippen LogP contribution in [0.5, 0.6) is 17.6 Å². The van der Waals surface area contributed by atoms with Crippen LogP contribution in [0.15, 0.2) is 41.3 Å². The first-order valence-electron chi connectivity index (χ1n) is 16.2. The molecule has 2 saturated heterocycles. The van der Waals surface area contributed by atoms with Gasteiger partial charge in [0.05, 0.1) is 17.8 Å². The molecule has 10 nitrogen and oxygen atoms in total. The molecule has 4 atom stereocenters. The maximum atomic E-state index is 14.5. The molecule has 1 aliphatic carbocycles. The number of nitrogens with zero attached hydrogens (tertiary/aromatic N) is 4. The van der Waals surface area contributed by atoms with Crippen molar-refractivity contribution in [1.82, 2.24) is 14.9 Å². The van der Waals surface area contributed by atoms with Crippen LogP contribution < -0.4 is 18.6 Å². The molecule has 47 heavy (non-hydrogen) atoms. The Labute approximate surface area is 280 Å². The number of hydrogen-bond acceptors (Lipinski definition) is 10. The molecule has 4 aliphatic rings. The predicted molar refractivity (Wildman–Crippen MR) is 175 cm³/mol. The van der Waals surface area contributed by atoms with Crippen molar-refractivity contribution < 1.29 is 31.2 Å². The number of anilines is 1. The average Bonchev–Trinajstić information content (AvgIpc) is 3.49. The zero-order valence-electron chi connectivity index (χ0n) is 26.9. The summed E-state index contributed by atoms with van der Waals surface area (Å²) < 4.78 is 64.2. The third kappa shape index (κ3) is 6.49. The average molecular weight is 687 g/mol. The fourth-order valence-electron chi connectivity index (χ4n) is 7.36. The molecule has 3 aliphatic heterocycles. The third-order valence-electron chi connectivity index (χ3n) is 9.98. The molecule has 3 fully saturated rings. The van der Waals surface area contributed by atoms with Crippen molar-refractivity contribution in [1.29, 1.82) is 0 Å². The second-order valence-corrected chi connectivity index (χ2v) is 15.3. The maximum absolute atomic E-state index is 14.5. The Bertz CT molecular complexity index is 1760. The van der Waals surface area contributed by atoms with E-state index in [1.165, 1.54) is 12.1 Å². The first kappa shape index (κ1) is 32.4. The lowest BCUT2D eigenvalue weighted by Crippen LogP contribution is -2.43. The summed E-state index contributed by atoms with van der Waals surface area (Å²) in [6.07, 6.45) is 2.74. The molecule has 0 radical (unpaired) electrons. The zero-order chi connectivity index (χ0) is 32.9. The van der Waals surface area contributed by atoms with Crippen LogP contribution in [0.2, 0.25) is 5.02 Å². The highest BCUT2D eigenvalue weighted by molar-refractivity contribution is 7.87. The largest absolute Gasteiger partial charge is 0.467 e. The van der Waals surface area contributed by atoms with Gasteiger partial charge in [0.1, 0.15) is 23.4 Å². The van der Waals surface area contributed by atoms with Crippen LogP contribution in [0, 0.1) is 12.8 Å². The van der Waals surface area contributed by atoms with E-state index in [1.807, 2.05) is 19.1 Å². The van der Waals surface area contributed by atoms with Gasteiger partial charge in [-0.3, -0.25) is 4.90 Å². The molecule has 0 N–H and O–H groups in total. The van der Waals surface area contributed by atoms with Crippen molar-refractivity contribution in [2.75, 3.05) is 45.0 Å². The Morgan fingerprint density at radius 1 is 1.13 bits per heavy atom. The van der Waals surface area contributed by atoms with Gasteiger partial charge in [0, 0.05) is 49.0 Å². The fourth-order valence-corrected chi connectivity index (χ4v) is 8.62. The topological polar surface area (TPSA) is 103 Å².